The van der Waals surface area contributed by atoms with Crippen molar-refractivity contribution in [3.63, 3.8) is 0 Å². The summed E-state index contributed by atoms with van der Waals surface area (Å²) < 4.78 is 38.0. The fourth-order valence-electron chi connectivity index (χ4n) is 1.84. The first kappa shape index (κ1) is 17.2. The maximum atomic E-state index is 12.7. The Morgan fingerprint density at radius 3 is 1.27 bits per heavy atom. The Kier molecular flexibility index (Phi) is 4.60. The third-order valence-corrected chi connectivity index (χ3v) is 2.69. The van der Waals surface area contributed by atoms with Crippen LogP contribution < -0.4 is 10.7 Å². The third-order valence-electron chi connectivity index (χ3n) is 2.69. The number of hydrogen-bond donors (Lipinski definition) is 0. The van der Waals surface area contributed by atoms with Gasteiger partial charge in [0.1, 0.15) is 35.0 Å². The van der Waals surface area contributed by atoms with Gasteiger partial charge in [0.2, 0.25) is 6.17 Å². The Morgan fingerprint density at radius 1 is 0.727 bits per heavy atom. The monoisotopic (exact) mass is 294 g/mol. The minimum atomic E-state index is -4.79. The van der Waals surface area contributed by atoms with Gasteiger partial charge in [-0.3, -0.25) is 0 Å². The number of rotatable bonds is 0. The second kappa shape index (κ2) is 5.88. The molecule has 0 saturated carbocycles. The standard InChI is InChI=1S/C12HF3N6.Li.H/c13-12(14,15)11-20-9-7(3-18)5(1-16)6(2-17)8(4-19)10(9)21-11;;/h11H;;. The molecule has 102 valence electrons. The van der Waals surface area contributed by atoms with Crippen LogP contribution in [0.15, 0.2) is 9.98 Å². The molecule has 0 aliphatic carbocycles. The van der Waals surface area contributed by atoms with E-state index in [1.54, 1.807) is 24.3 Å². The Labute approximate surface area is 133 Å². The molecule has 6 nitrogen and oxygen atoms in total. The molecule has 1 aromatic rings. The van der Waals surface area contributed by atoms with E-state index in [9.17, 15) is 13.2 Å². The number of fused-ring (bicyclic) bond motifs is 1. The predicted octanol–water partition coefficient (Wildman–Crippen LogP) is -0.334. The van der Waals surface area contributed by atoms with Crippen LogP contribution in [0.4, 0.5) is 13.2 Å². The van der Waals surface area contributed by atoms with E-state index in [-0.39, 0.29) is 18.9 Å². The normalized spacial score (nSPS) is 12.3. The number of halogens is 3. The van der Waals surface area contributed by atoms with E-state index in [0.717, 1.165) is 0 Å². The topological polar surface area (TPSA) is 120 Å². The van der Waals surface area contributed by atoms with Gasteiger partial charge < -0.3 is 0 Å². The number of hydrogen-bond acceptors (Lipinski definition) is 6. The molecule has 1 aliphatic heterocycles. The van der Waals surface area contributed by atoms with Gasteiger partial charge in [0.15, 0.2) is 0 Å². The number of alkyl halides is 3. The third kappa shape index (κ3) is 2.41. The van der Waals surface area contributed by atoms with Crippen LogP contribution in [0, 0.1) is 45.3 Å². The van der Waals surface area contributed by atoms with Crippen LogP contribution in [0.3, 0.4) is 0 Å². The van der Waals surface area contributed by atoms with Gasteiger partial charge in [-0.2, -0.15) is 34.2 Å². The molecule has 0 fully saturated rings. The van der Waals surface area contributed by atoms with E-state index in [1.807, 2.05) is 0 Å². The summed E-state index contributed by atoms with van der Waals surface area (Å²) >= 11 is 0. The van der Waals surface area contributed by atoms with Crippen molar-refractivity contribution in [1.82, 2.24) is 0 Å². The number of nitrogens with zero attached hydrogens (tertiary/aromatic N) is 6. The van der Waals surface area contributed by atoms with E-state index in [0.29, 0.717) is 0 Å². The van der Waals surface area contributed by atoms with Gasteiger partial charge in [-0.1, -0.05) is 0 Å². The average molecular weight is 294 g/mol. The van der Waals surface area contributed by atoms with Crippen molar-refractivity contribution < 1.29 is 13.2 Å². The summed E-state index contributed by atoms with van der Waals surface area (Å²) in [5.74, 6) is 0. The van der Waals surface area contributed by atoms with Gasteiger partial charge in [0.05, 0.1) is 22.3 Å². The molecule has 1 heterocycles. The van der Waals surface area contributed by atoms with Crippen molar-refractivity contribution >= 4 is 18.9 Å². The molecule has 0 atom stereocenters. The summed E-state index contributed by atoms with van der Waals surface area (Å²) in [7, 11) is 0. The summed E-state index contributed by atoms with van der Waals surface area (Å²) in [6.45, 7) is 0. The molecule has 2 rings (SSSR count). The molecule has 0 radical (unpaired) electrons. The van der Waals surface area contributed by atoms with E-state index >= 15 is 0 Å². The predicted molar refractivity (Wildman–Crippen MR) is 64.6 cm³/mol. The van der Waals surface area contributed by atoms with Crippen molar-refractivity contribution in [2.24, 2.45) is 9.98 Å². The summed E-state index contributed by atoms with van der Waals surface area (Å²) in [5.41, 5.74) is -1.92. The van der Waals surface area contributed by atoms with Crippen molar-refractivity contribution in [3.05, 3.63) is 33.0 Å². The molecule has 0 saturated heterocycles. The van der Waals surface area contributed by atoms with E-state index in [2.05, 4.69) is 9.98 Å². The van der Waals surface area contributed by atoms with Crippen molar-refractivity contribution in [3.8, 4) is 24.3 Å². The van der Waals surface area contributed by atoms with Crippen LogP contribution in [-0.4, -0.2) is 31.2 Å². The van der Waals surface area contributed by atoms with Crippen molar-refractivity contribution in [1.29, 1.82) is 21.0 Å². The van der Waals surface area contributed by atoms with Gasteiger partial charge >= 0.3 is 25.0 Å². The molecular formula is C12H2F3LiN6. The number of nitriles is 4. The fourth-order valence-corrected chi connectivity index (χ4v) is 1.84. The zero-order valence-corrected chi connectivity index (χ0v) is 9.89. The Hall–Kier alpha value is -2.83. The molecule has 0 unspecified atom stereocenters. The minimum absolute atomic E-state index is 0. The van der Waals surface area contributed by atoms with Crippen LogP contribution in [-0.2, 0) is 0 Å². The number of benzene rings is 1. The molecule has 0 aromatic heterocycles. The molecule has 0 spiro atoms. The molecular weight excluding hydrogens is 292 g/mol. The quantitative estimate of drug-likeness (QED) is 0.608. The average Bonchev–Trinajstić information content (AvgIpc) is 2.88. The molecule has 0 bridgehead atoms. The van der Waals surface area contributed by atoms with Crippen LogP contribution >= 0.6 is 0 Å². The second-order valence-electron chi connectivity index (χ2n) is 3.82. The van der Waals surface area contributed by atoms with Gasteiger partial charge in [-0.15, -0.1) is 0 Å². The fraction of sp³-hybridized carbons (Fsp3) is 0.167. The first-order valence-electron chi connectivity index (χ1n) is 5.21. The molecule has 1 aliphatic rings. The first-order valence-corrected chi connectivity index (χ1v) is 5.21. The van der Waals surface area contributed by atoms with Gasteiger partial charge in [0, 0.05) is 0 Å². The molecule has 22 heavy (non-hydrogen) atoms. The van der Waals surface area contributed by atoms with Crippen LogP contribution in [0.5, 0.6) is 0 Å². The Balaban J connectivity index is 0.00000242. The van der Waals surface area contributed by atoms with Crippen molar-refractivity contribution in [2.45, 2.75) is 12.3 Å². The van der Waals surface area contributed by atoms with Gasteiger partial charge in [-0.05, 0) is 0 Å². The van der Waals surface area contributed by atoms with Gasteiger partial charge in [-0.25, -0.2) is 9.98 Å². The zero-order chi connectivity index (χ0) is 15.8. The van der Waals surface area contributed by atoms with Crippen molar-refractivity contribution in [2.75, 3.05) is 0 Å². The Morgan fingerprint density at radius 2 is 1.05 bits per heavy atom. The van der Waals surface area contributed by atoms with Crippen LogP contribution in [0.1, 0.15) is 22.3 Å². The summed E-state index contributed by atoms with van der Waals surface area (Å²) in [6.07, 6.45) is -7.25. The Bertz CT molecular complexity index is 866. The first-order chi connectivity index (χ1) is 9.88. The van der Waals surface area contributed by atoms with E-state index in [4.69, 9.17) is 21.0 Å². The van der Waals surface area contributed by atoms with Crippen LogP contribution in [0.25, 0.3) is 0 Å². The van der Waals surface area contributed by atoms with E-state index < -0.39 is 45.3 Å². The van der Waals surface area contributed by atoms with Gasteiger partial charge in [0.25, 0.3) is 0 Å². The van der Waals surface area contributed by atoms with E-state index in [1.165, 1.54) is 0 Å². The molecule has 10 heteroatoms. The summed E-state index contributed by atoms with van der Waals surface area (Å²) in [5, 5.41) is 35.0. The maximum absolute atomic E-state index is 12.7. The molecule has 0 N–H and O–H groups in total. The second-order valence-corrected chi connectivity index (χ2v) is 3.82. The summed E-state index contributed by atoms with van der Waals surface area (Å²) in [6, 6.07) is 6.17. The molecule has 1 aromatic carbocycles. The summed E-state index contributed by atoms with van der Waals surface area (Å²) in [4.78, 5) is 6.52. The van der Waals surface area contributed by atoms with Crippen LogP contribution in [0.2, 0.25) is 0 Å². The SMILES string of the molecule is N#Cc1c(C#N)c(C#N)c2c(c1C#N)=NC(C(F)(F)F)N=2.[LiH]. The zero-order valence-electron chi connectivity index (χ0n) is 9.89. The molecule has 0 amide bonds.